The van der Waals surface area contributed by atoms with Crippen LogP contribution in [0.5, 0.6) is 0 Å². The first kappa shape index (κ1) is 12.7. The van der Waals surface area contributed by atoms with E-state index in [4.69, 9.17) is 0 Å². The Balaban J connectivity index is 1.73. The highest BCUT2D eigenvalue weighted by molar-refractivity contribution is 7.13. The summed E-state index contributed by atoms with van der Waals surface area (Å²) in [6.45, 7) is 1.97. The van der Waals surface area contributed by atoms with Crippen molar-refractivity contribution in [2.75, 3.05) is 32.1 Å². The molecule has 21 heavy (non-hydrogen) atoms. The maximum absolute atomic E-state index is 4.64. The Morgan fingerprint density at radius 2 is 2.19 bits per heavy atom. The minimum atomic E-state index is 0.590. The number of anilines is 1. The summed E-state index contributed by atoms with van der Waals surface area (Å²) in [5, 5.41) is 10.4. The lowest BCUT2D eigenvalue weighted by atomic mass is 10.1. The molecule has 0 atom stereocenters. The Morgan fingerprint density at radius 3 is 2.90 bits per heavy atom. The molecule has 1 fully saturated rings. The lowest BCUT2D eigenvalue weighted by Gasteiger charge is -2.43. The summed E-state index contributed by atoms with van der Waals surface area (Å²) in [6, 6.07) is 4.72. The summed E-state index contributed by atoms with van der Waals surface area (Å²) in [7, 11) is 4.23. The fourth-order valence-electron chi connectivity index (χ4n) is 2.59. The van der Waals surface area contributed by atoms with Gasteiger partial charge < -0.3 is 9.80 Å². The molecule has 1 saturated heterocycles. The van der Waals surface area contributed by atoms with Crippen molar-refractivity contribution in [1.29, 1.82) is 0 Å². The molecule has 4 rings (SSSR count). The van der Waals surface area contributed by atoms with Crippen molar-refractivity contribution in [1.82, 2.24) is 24.5 Å². The molecular weight excluding hydrogens is 284 g/mol. The van der Waals surface area contributed by atoms with Gasteiger partial charge in [-0.2, -0.15) is 0 Å². The quantitative estimate of drug-likeness (QED) is 0.735. The SMILES string of the molecule is CN(C)C1CN(c2ncc(-c3cccs3)n3cnnc23)C1. The van der Waals surface area contributed by atoms with Crippen molar-refractivity contribution in [2.45, 2.75) is 6.04 Å². The zero-order valence-corrected chi connectivity index (χ0v) is 12.8. The van der Waals surface area contributed by atoms with Gasteiger partial charge in [-0.1, -0.05) is 6.07 Å². The fourth-order valence-corrected chi connectivity index (χ4v) is 3.32. The van der Waals surface area contributed by atoms with Gasteiger partial charge >= 0.3 is 0 Å². The van der Waals surface area contributed by atoms with Crippen molar-refractivity contribution >= 4 is 22.8 Å². The number of nitrogens with zero attached hydrogens (tertiary/aromatic N) is 6. The fraction of sp³-hybridized carbons (Fsp3) is 0.357. The molecule has 0 aromatic carbocycles. The number of likely N-dealkylation sites (N-methyl/N-ethyl adjacent to an activating group) is 1. The van der Waals surface area contributed by atoms with Gasteiger partial charge in [0, 0.05) is 19.1 Å². The number of rotatable bonds is 3. The molecule has 108 valence electrons. The van der Waals surface area contributed by atoms with E-state index in [0.29, 0.717) is 6.04 Å². The average Bonchev–Trinajstić information content (AvgIpc) is 3.08. The Kier molecular flexibility index (Phi) is 2.90. The van der Waals surface area contributed by atoms with E-state index in [0.717, 1.165) is 30.2 Å². The largest absolute Gasteiger partial charge is 0.350 e. The summed E-state index contributed by atoms with van der Waals surface area (Å²) in [6.07, 6.45) is 3.68. The van der Waals surface area contributed by atoms with Gasteiger partial charge in [-0.15, -0.1) is 21.5 Å². The third kappa shape index (κ3) is 2.00. The van der Waals surface area contributed by atoms with Gasteiger partial charge in [0.2, 0.25) is 5.65 Å². The Bertz CT molecular complexity index is 757. The van der Waals surface area contributed by atoms with Gasteiger partial charge in [-0.3, -0.25) is 4.40 Å². The Labute approximate surface area is 126 Å². The van der Waals surface area contributed by atoms with Crippen LogP contribution in [0.4, 0.5) is 5.82 Å². The summed E-state index contributed by atoms with van der Waals surface area (Å²) in [5.74, 6) is 0.922. The predicted octanol–water partition coefficient (Wildman–Crippen LogP) is 1.60. The van der Waals surface area contributed by atoms with E-state index in [1.165, 1.54) is 4.88 Å². The Morgan fingerprint density at radius 1 is 1.33 bits per heavy atom. The smallest absolute Gasteiger partial charge is 0.204 e. The molecule has 4 heterocycles. The van der Waals surface area contributed by atoms with Crippen LogP contribution in [0, 0.1) is 0 Å². The van der Waals surface area contributed by atoms with Crippen molar-refractivity contribution < 1.29 is 0 Å². The molecule has 0 amide bonds. The minimum absolute atomic E-state index is 0.590. The molecule has 0 aliphatic carbocycles. The van der Waals surface area contributed by atoms with Crippen molar-refractivity contribution in [3.63, 3.8) is 0 Å². The van der Waals surface area contributed by atoms with E-state index in [9.17, 15) is 0 Å². The van der Waals surface area contributed by atoms with Gasteiger partial charge in [-0.05, 0) is 25.5 Å². The van der Waals surface area contributed by atoms with Crippen molar-refractivity contribution in [3.05, 3.63) is 30.0 Å². The summed E-state index contributed by atoms with van der Waals surface area (Å²) in [5.41, 5.74) is 1.87. The van der Waals surface area contributed by atoms with Gasteiger partial charge in [0.25, 0.3) is 0 Å². The van der Waals surface area contributed by atoms with E-state index in [2.05, 4.69) is 50.5 Å². The molecule has 0 saturated carbocycles. The van der Waals surface area contributed by atoms with Gasteiger partial charge in [0.15, 0.2) is 5.82 Å². The standard InChI is InChI=1S/C14H16N6S/c1-18(2)10-7-19(8-10)13-14-17-16-9-20(14)11(6-15-13)12-4-3-5-21-12/h3-6,9-10H,7-8H2,1-2H3. The number of fused-ring (bicyclic) bond motifs is 1. The number of thiophene rings is 1. The number of aromatic nitrogens is 4. The van der Waals surface area contributed by atoms with Crippen molar-refractivity contribution in [3.8, 4) is 10.6 Å². The molecule has 0 bridgehead atoms. The first-order valence-corrected chi connectivity index (χ1v) is 7.76. The van der Waals surface area contributed by atoms with Crippen LogP contribution in [0.2, 0.25) is 0 Å². The second-order valence-electron chi connectivity index (χ2n) is 5.49. The van der Waals surface area contributed by atoms with Crippen LogP contribution >= 0.6 is 11.3 Å². The highest BCUT2D eigenvalue weighted by atomic mass is 32.1. The molecule has 0 radical (unpaired) electrons. The number of hydrogen-bond donors (Lipinski definition) is 0. The Hall–Kier alpha value is -1.99. The molecule has 0 unspecified atom stereocenters. The van der Waals surface area contributed by atoms with Crippen LogP contribution in [-0.4, -0.2) is 57.7 Å². The molecule has 6 nitrogen and oxygen atoms in total. The molecule has 1 aliphatic heterocycles. The normalized spacial score (nSPS) is 15.9. The van der Waals surface area contributed by atoms with Crippen LogP contribution in [0.3, 0.4) is 0 Å². The van der Waals surface area contributed by atoms with Crippen LogP contribution in [0.1, 0.15) is 0 Å². The summed E-state index contributed by atoms with van der Waals surface area (Å²) in [4.78, 5) is 10.3. The summed E-state index contributed by atoms with van der Waals surface area (Å²) >= 11 is 1.70. The second-order valence-corrected chi connectivity index (χ2v) is 6.44. The lowest BCUT2D eigenvalue weighted by molar-refractivity contribution is 0.246. The third-order valence-corrected chi connectivity index (χ3v) is 4.87. The highest BCUT2D eigenvalue weighted by Crippen LogP contribution is 2.29. The van der Waals surface area contributed by atoms with E-state index < -0.39 is 0 Å². The monoisotopic (exact) mass is 300 g/mol. The molecule has 7 heteroatoms. The van der Waals surface area contributed by atoms with E-state index in [1.807, 2.05) is 16.7 Å². The van der Waals surface area contributed by atoms with Crippen LogP contribution < -0.4 is 4.90 Å². The lowest BCUT2D eigenvalue weighted by Crippen LogP contribution is -2.57. The molecular formula is C14H16N6S. The zero-order valence-electron chi connectivity index (χ0n) is 12.0. The highest BCUT2D eigenvalue weighted by Gasteiger charge is 2.31. The molecule has 1 aliphatic rings. The van der Waals surface area contributed by atoms with Gasteiger partial charge in [0.1, 0.15) is 6.33 Å². The molecule has 3 aromatic rings. The summed E-state index contributed by atoms with van der Waals surface area (Å²) < 4.78 is 2.02. The molecule has 3 aromatic heterocycles. The average molecular weight is 300 g/mol. The van der Waals surface area contributed by atoms with Gasteiger partial charge in [0.05, 0.1) is 16.8 Å². The van der Waals surface area contributed by atoms with Crippen LogP contribution in [-0.2, 0) is 0 Å². The molecule has 0 spiro atoms. The van der Waals surface area contributed by atoms with Gasteiger partial charge in [-0.25, -0.2) is 4.98 Å². The predicted molar refractivity (Wildman–Crippen MR) is 83.8 cm³/mol. The first-order valence-electron chi connectivity index (χ1n) is 6.88. The second kappa shape index (κ2) is 4.78. The van der Waals surface area contributed by atoms with E-state index in [-0.39, 0.29) is 0 Å². The topological polar surface area (TPSA) is 49.6 Å². The molecule has 0 N–H and O–H groups in total. The zero-order chi connectivity index (χ0) is 14.4. The van der Waals surface area contributed by atoms with Crippen LogP contribution in [0.25, 0.3) is 16.2 Å². The van der Waals surface area contributed by atoms with E-state index in [1.54, 1.807) is 17.7 Å². The maximum Gasteiger partial charge on any atom is 0.204 e. The van der Waals surface area contributed by atoms with E-state index >= 15 is 0 Å². The first-order chi connectivity index (χ1) is 10.2. The van der Waals surface area contributed by atoms with Crippen LogP contribution in [0.15, 0.2) is 30.0 Å². The third-order valence-electron chi connectivity index (χ3n) is 3.98. The number of hydrogen-bond acceptors (Lipinski definition) is 6. The maximum atomic E-state index is 4.64. The minimum Gasteiger partial charge on any atom is -0.350 e. The van der Waals surface area contributed by atoms with Crippen molar-refractivity contribution in [2.24, 2.45) is 0 Å².